The smallest absolute Gasteiger partial charge is 0.198 e. The summed E-state index contributed by atoms with van der Waals surface area (Å²) in [6, 6.07) is 8.18. The minimum atomic E-state index is -4.32. The molecule has 1 nitrogen and oxygen atoms in total. The molecule has 0 aliphatic carbocycles. The Labute approximate surface area is 96.3 Å². The molecule has 0 spiro atoms. The number of alkyl halides is 3. The van der Waals surface area contributed by atoms with Crippen LogP contribution in [0.2, 0.25) is 0 Å². The SMILES string of the molecule is CCC(C#N)c1ccccc1SC(F)(F)F. The lowest BCUT2D eigenvalue weighted by Crippen LogP contribution is -2.03. The molecular formula is C11H10F3NS. The maximum absolute atomic E-state index is 12.3. The zero-order valence-corrected chi connectivity index (χ0v) is 9.40. The van der Waals surface area contributed by atoms with E-state index in [2.05, 4.69) is 0 Å². The monoisotopic (exact) mass is 245 g/mol. The Morgan fingerprint density at radius 1 is 1.38 bits per heavy atom. The average Bonchev–Trinajstić information content (AvgIpc) is 2.20. The molecule has 1 aromatic carbocycles. The van der Waals surface area contributed by atoms with Crippen molar-refractivity contribution in [3.05, 3.63) is 29.8 Å². The van der Waals surface area contributed by atoms with Gasteiger partial charge in [-0.25, -0.2) is 0 Å². The lowest BCUT2D eigenvalue weighted by molar-refractivity contribution is -0.0328. The molecule has 0 aliphatic heterocycles. The maximum Gasteiger partial charge on any atom is 0.446 e. The van der Waals surface area contributed by atoms with Crippen LogP contribution in [0.1, 0.15) is 24.8 Å². The summed E-state index contributed by atoms with van der Waals surface area (Å²) in [4.78, 5) is 0.114. The van der Waals surface area contributed by atoms with Crippen molar-refractivity contribution in [3.8, 4) is 6.07 Å². The predicted molar refractivity (Wildman–Crippen MR) is 57.0 cm³/mol. The van der Waals surface area contributed by atoms with Gasteiger partial charge in [0.15, 0.2) is 0 Å². The topological polar surface area (TPSA) is 23.8 Å². The van der Waals surface area contributed by atoms with Crippen LogP contribution in [-0.4, -0.2) is 5.51 Å². The van der Waals surface area contributed by atoms with Crippen molar-refractivity contribution in [2.24, 2.45) is 0 Å². The van der Waals surface area contributed by atoms with Crippen LogP contribution in [0.25, 0.3) is 0 Å². The second-order valence-electron chi connectivity index (χ2n) is 3.18. The van der Waals surface area contributed by atoms with E-state index >= 15 is 0 Å². The number of rotatable bonds is 3. The van der Waals surface area contributed by atoms with Crippen molar-refractivity contribution in [3.63, 3.8) is 0 Å². The summed E-state index contributed by atoms with van der Waals surface area (Å²) in [5, 5.41) is 8.86. The van der Waals surface area contributed by atoms with E-state index < -0.39 is 11.4 Å². The van der Waals surface area contributed by atoms with Crippen molar-refractivity contribution in [2.75, 3.05) is 0 Å². The number of benzene rings is 1. The van der Waals surface area contributed by atoms with Crippen LogP contribution < -0.4 is 0 Å². The van der Waals surface area contributed by atoms with Gasteiger partial charge < -0.3 is 0 Å². The molecule has 0 saturated heterocycles. The molecule has 1 atom stereocenters. The average molecular weight is 245 g/mol. The third-order valence-electron chi connectivity index (χ3n) is 2.08. The van der Waals surface area contributed by atoms with Crippen molar-refractivity contribution >= 4 is 11.8 Å². The molecule has 0 aliphatic rings. The van der Waals surface area contributed by atoms with Crippen LogP contribution in [0.4, 0.5) is 13.2 Å². The molecule has 5 heteroatoms. The largest absolute Gasteiger partial charge is 0.446 e. The molecule has 0 bridgehead atoms. The van der Waals surface area contributed by atoms with Crippen LogP contribution in [0.15, 0.2) is 29.2 Å². The molecule has 0 saturated carbocycles. The fraction of sp³-hybridized carbons (Fsp3) is 0.364. The van der Waals surface area contributed by atoms with Gasteiger partial charge in [-0.3, -0.25) is 0 Å². The summed E-state index contributed by atoms with van der Waals surface area (Å²) < 4.78 is 36.8. The fourth-order valence-electron chi connectivity index (χ4n) is 1.37. The molecular weight excluding hydrogens is 235 g/mol. The van der Waals surface area contributed by atoms with E-state index in [1.165, 1.54) is 6.07 Å². The third-order valence-corrected chi connectivity index (χ3v) is 2.91. The lowest BCUT2D eigenvalue weighted by atomic mass is 9.98. The van der Waals surface area contributed by atoms with Gasteiger partial charge >= 0.3 is 5.51 Å². The molecule has 16 heavy (non-hydrogen) atoms. The normalized spacial score (nSPS) is 13.2. The van der Waals surface area contributed by atoms with Gasteiger partial charge in [-0.1, -0.05) is 25.1 Å². The van der Waals surface area contributed by atoms with Crippen molar-refractivity contribution < 1.29 is 13.2 Å². The van der Waals surface area contributed by atoms with Gasteiger partial charge in [-0.15, -0.1) is 0 Å². The summed E-state index contributed by atoms with van der Waals surface area (Å²) in [6.45, 7) is 1.78. The summed E-state index contributed by atoms with van der Waals surface area (Å²) in [5.74, 6) is -0.481. The first-order valence-corrected chi connectivity index (χ1v) is 5.54. The van der Waals surface area contributed by atoms with Gasteiger partial charge in [0, 0.05) is 4.90 Å². The molecule has 0 aromatic heterocycles. The molecule has 0 heterocycles. The number of hydrogen-bond acceptors (Lipinski definition) is 2. The summed E-state index contributed by atoms with van der Waals surface area (Å²) >= 11 is -0.165. The Morgan fingerprint density at radius 2 is 2.00 bits per heavy atom. The second-order valence-corrected chi connectivity index (χ2v) is 4.28. The first-order valence-electron chi connectivity index (χ1n) is 4.72. The van der Waals surface area contributed by atoms with Gasteiger partial charge in [-0.05, 0) is 29.8 Å². The van der Waals surface area contributed by atoms with Crippen molar-refractivity contribution in [1.82, 2.24) is 0 Å². The van der Waals surface area contributed by atoms with Crippen LogP contribution in [0.3, 0.4) is 0 Å². The highest BCUT2D eigenvalue weighted by atomic mass is 32.2. The Bertz CT molecular complexity index is 395. The summed E-state index contributed by atoms with van der Waals surface area (Å²) in [5.41, 5.74) is -3.86. The van der Waals surface area contributed by atoms with Crippen LogP contribution in [-0.2, 0) is 0 Å². The predicted octanol–water partition coefficient (Wildman–Crippen LogP) is 4.32. The highest BCUT2D eigenvalue weighted by Crippen LogP contribution is 2.40. The molecule has 86 valence electrons. The molecule has 1 aromatic rings. The van der Waals surface area contributed by atoms with E-state index in [0.717, 1.165) is 0 Å². The first-order chi connectivity index (χ1) is 7.48. The van der Waals surface area contributed by atoms with E-state index in [0.29, 0.717) is 12.0 Å². The van der Waals surface area contributed by atoms with E-state index in [4.69, 9.17) is 5.26 Å². The first kappa shape index (κ1) is 12.9. The summed E-state index contributed by atoms with van der Waals surface area (Å²) in [7, 11) is 0. The van der Waals surface area contributed by atoms with Gasteiger partial charge in [0.25, 0.3) is 0 Å². The standard InChI is InChI=1S/C11H10F3NS/c1-2-8(7-15)9-5-3-4-6-10(9)16-11(12,13)14/h3-6,8H,2H2,1H3. The van der Waals surface area contributed by atoms with Crippen molar-refractivity contribution in [1.29, 1.82) is 5.26 Å². The van der Waals surface area contributed by atoms with E-state index in [1.807, 2.05) is 6.07 Å². The molecule has 1 rings (SSSR count). The molecule has 0 amide bonds. The summed E-state index contributed by atoms with van der Waals surface area (Å²) in [6.07, 6.45) is 0.506. The zero-order valence-electron chi connectivity index (χ0n) is 8.58. The lowest BCUT2D eigenvalue weighted by Gasteiger charge is -2.13. The highest BCUT2D eigenvalue weighted by molar-refractivity contribution is 8.00. The zero-order chi connectivity index (χ0) is 12.2. The Balaban J connectivity index is 3.06. The van der Waals surface area contributed by atoms with Crippen LogP contribution in [0, 0.1) is 11.3 Å². The van der Waals surface area contributed by atoms with Gasteiger partial charge in [0.1, 0.15) is 0 Å². The third kappa shape index (κ3) is 3.46. The van der Waals surface area contributed by atoms with E-state index in [1.54, 1.807) is 25.1 Å². The maximum atomic E-state index is 12.3. The highest BCUT2D eigenvalue weighted by Gasteiger charge is 2.31. The Hall–Kier alpha value is -1.15. The minimum absolute atomic E-state index is 0.114. The second kappa shape index (κ2) is 5.26. The van der Waals surface area contributed by atoms with E-state index in [-0.39, 0.29) is 16.7 Å². The molecule has 0 fully saturated rings. The Morgan fingerprint density at radius 3 is 2.50 bits per heavy atom. The quantitative estimate of drug-likeness (QED) is 0.740. The molecule has 1 unspecified atom stereocenters. The van der Waals surface area contributed by atoms with Gasteiger partial charge in [0.05, 0.1) is 12.0 Å². The van der Waals surface area contributed by atoms with Crippen LogP contribution in [0.5, 0.6) is 0 Å². The van der Waals surface area contributed by atoms with Crippen molar-refractivity contribution in [2.45, 2.75) is 29.7 Å². The number of nitriles is 1. The van der Waals surface area contributed by atoms with Gasteiger partial charge in [0.2, 0.25) is 0 Å². The molecule has 0 radical (unpaired) electrons. The number of thioether (sulfide) groups is 1. The Kier molecular flexibility index (Phi) is 4.25. The number of nitrogens with zero attached hydrogens (tertiary/aromatic N) is 1. The van der Waals surface area contributed by atoms with Crippen LogP contribution >= 0.6 is 11.8 Å². The van der Waals surface area contributed by atoms with Gasteiger partial charge in [-0.2, -0.15) is 18.4 Å². The number of halogens is 3. The van der Waals surface area contributed by atoms with E-state index in [9.17, 15) is 13.2 Å². The fourth-order valence-corrected chi connectivity index (χ4v) is 2.09. The molecule has 0 N–H and O–H groups in total. The number of hydrogen-bond donors (Lipinski definition) is 0. The minimum Gasteiger partial charge on any atom is -0.198 e.